The molecule has 0 saturated carbocycles. The minimum Gasteiger partial charge on any atom is -0.507 e. The number of ether oxygens (including phenoxy) is 4. The Labute approximate surface area is 271 Å². The van der Waals surface area contributed by atoms with Crippen molar-refractivity contribution in [3.63, 3.8) is 0 Å². The van der Waals surface area contributed by atoms with Crippen LogP contribution in [-0.4, -0.2) is 79.7 Å². The predicted octanol–water partition coefficient (Wildman–Crippen LogP) is 5.91. The SMILES string of the molecule is CCCCCOc1ccc(C2C(=C(O)c3ccc(OCc4ccccc4C)cc3)C(=O)C(=O)N2CCN2CCOCC2)cc1OC. The Hall–Kier alpha value is -4.34. The van der Waals surface area contributed by atoms with E-state index in [1.807, 2.05) is 43.3 Å². The molecule has 0 aromatic heterocycles. The predicted molar refractivity (Wildman–Crippen MR) is 176 cm³/mol. The van der Waals surface area contributed by atoms with Gasteiger partial charge in [0.15, 0.2) is 11.5 Å². The average Bonchev–Trinajstić information content (AvgIpc) is 3.34. The highest BCUT2D eigenvalue weighted by atomic mass is 16.5. The number of likely N-dealkylation sites (tertiary alicyclic amines) is 1. The molecule has 0 bridgehead atoms. The molecule has 5 rings (SSSR count). The first-order valence-electron chi connectivity index (χ1n) is 16.1. The van der Waals surface area contributed by atoms with Gasteiger partial charge in [-0.1, -0.05) is 50.1 Å². The minimum atomic E-state index is -0.805. The van der Waals surface area contributed by atoms with Crippen molar-refractivity contribution in [3.05, 3.63) is 94.6 Å². The fraction of sp³-hybridized carbons (Fsp3) is 0.405. The topological polar surface area (TPSA) is 97.8 Å². The lowest BCUT2D eigenvalue weighted by molar-refractivity contribution is -0.140. The molecule has 2 aliphatic heterocycles. The smallest absolute Gasteiger partial charge is 0.295 e. The van der Waals surface area contributed by atoms with E-state index in [1.165, 1.54) is 0 Å². The summed E-state index contributed by atoms with van der Waals surface area (Å²) in [4.78, 5) is 30.9. The van der Waals surface area contributed by atoms with Crippen LogP contribution in [0.5, 0.6) is 17.2 Å². The van der Waals surface area contributed by atoms with Crippen LogP contribution in [0.2, 0.25) is 0 Å². The summed E-state index contributed by atoms with van der Waals surface area (Å²) in [6.45, 7) is 8.81. The largest absolute Gasteiger partial charge is 0.507 e. The summed E-state index contributed by atoms with van der Waals surface area (Å²) >= 11 is 0. The first kappa shape index (κ1) is 33.0. The van der Waals surface area contributed by atoms with Gasteiger partial charge in [0, 0.05) is 31.7 Å². The van der Waals surface area contributed by atoms with Crippen LogP contribution in [0, 0.1) is 6.92 Å². The van der Waals surface area contributed by atoms with Crippen molar-refractivity contribution >= 4 is 17.4 Å². The number of aliphatic hydroxyl groups is 1. The van der Waals surface area contributed by atoms with Crippen molar-refractivity contribution in [2.24, 2.45) is 0 Å². The summed E-state index contributed by atoms with van der Waals surface area (Å²) in [5.74, 6) is 0.125. The number of methoxy groups -OCH3 is 1. The van der Waals surface area contributed by atoms with Gasteiger partial charge in [0.2, 0.25) is 0 Å². The van der Waals surface area contributed by atoms with E-state index < -0.39 is 17.7 Å². The van der Waals surface area contributed by atoms with E-state index in [4.69, 9.17) is 18.9 Å². The number of benzene rings is 3. The molecule has 3 aromatic rings. The zero-order valence-corrected chi connectivity index (χ0v) is 27.0. The standard InChI is InChI=1S/C37H44N2O7/c1-4-5-8-21-45-31-16-13-28(24-32(31)43-3)34-33(36(41)37(42)39(34)18-17-38-19-22-44-23-20-38)35(40)27-11-14-30(15-12-27)46-25-29-10-7-6-9-26(29)2/h6-7,9-16,24,34,40H,4-5,8,17-23,25H2,1-3H3. The highest BCUT2D eigenvalue weighted by Crippen LogP contribution is 2.42. The summed E-state index contributed by atoms with van der Waals surface area (Å²) in [5, 5.41) is 11.6. The van der Waals surface area contributed by atoms with Gasteiger partial charge in [-0.25, -0.2) is 0 Å². The van der Waals surface area contributed by atoms with Crippen LogP contribution in [0.3, 0.4) is 0 Å². The molecule has 9 heteroatoms. The van der Waals surface area contributed by atoms with E-state index in [0.717, 1.165) is 43.5 Å². The van der Waals surface area contributed by atoms with Crippen molar-refractivity contribution in [2.75, 3.05) is 53.1 Å². The Morgan fingerprint density at radius 2 is 1.70 bits per heavy atom. The second-order valence-electron chi connectivity index (χ2n) is 11.7. The second-order valence-corrected chi connectivity index (χ2v) is 11.7. The van der Waals surface area contributed by atoms with Crippen molar-refractivity contribution in [3.8, 4) is 17.2 Å². The number of hydrogen-bond donors (Lipinski definition) is 1. The number of hydrogen-bond acceptors (Lipinski definition) is 8. The Bertz CT molecular complexity index is 1530. The molecule has 2 saturated heterocycles. The quantitative estimate of drug-likeness (QED) is 0.102. The molecule has 0 radical (unpaired) electrons. The van der Waals surface area contributed by atoms with Crippen LogP contribution in [0.4, 0.5) is 0 Å². The van der Waals surface area contributed by atoms with Gasteiger partial charge < -0.3 is 29.0 Å². The molecule has 2 heterocycles. The fourth-order valence-corrected chi connectivity index (χ4v) is 5.84. The van der Waals surface area contributed by atoms with E-state index in [9.17, 15) is 14.7 Å². The third-order valence-corrected chi connectivity index (χ3v) is 8.59. The number of carbonyl (C=O) groups is 2. The number of aryl methyl sites for hydroxylation is 1. The van der Waals surface area contributed by atoms with Crippen LogP contribution >= 0.6 is 0 Å². The molecule has 46 heavy (non-hydrogen) atoms. The second kappa shape index (κ2) is 15.8. The van der Waals surface area contributed by atoms with Crippen LogP contribution in [-0.2, 0) is 20.9 Å². The number of nitrogens with zero attached hydrogens (tertiary/aromatic N) is 2. The lowest BCUT2D eigenvalue weighted by Crippen LogP contribution is -2.42. The molecule has 0 aliphatic carbocycles. The molecule has 1 atom stereocenters. The number of unbranched alkanes of at least 4 members (excludes halogenated alkanes) is 2. The summed E-state index contributed by atoms with van der Waals surface area (Å²) in [6, 6.07) is 19.6. The Balaban J connectivity index is 1.44. The molecule has 0 spiro atoms. The van der Waals surface area contributed by atoms with Crippen molar-refractivity contribution < 1.29 is 33.6 Å². The molecular weight excluding hydrogens is 584 g/mol. The molecule has 1 N–H and O–H groups in total. The average molecular weight is 629 g/mol. The highest BCUT2D eigenvalue weighted by molar-refractivity contribution is 6.46. The molecule has 244 valence electrons. The molecule has 2 fully saturated rings. The van der Waals surface area contributed by atoms with Gasteiger partial charge >= 0.3 is 0 Å². The lowest BCUT2D eigenvalue weighted by atomic mass is 9.95. The maximum atomic E-state index is 13.6. The first-order chi connectivity index (χ1) is 22.4. The van der Waals surface area contributed by atoms with Gasteiger partial charge in [0.05, 0.1) is 38.5 Å². The zero-order valence-electron chi connectivity index (χ0n) is 27.0. The van der Waals surface area contributed by atoms with E-state index in [-0.39, 0.29) is 11.3 Å². The van der Waals surface area contributed by atoms with E-state index in [0.29, 0.717) is 67.9 Å². The molecule has 1 unspecified atom stereocenters. The van der Waals surface area contributed by atoms with Crippen LogP contribution in [0.25, 0.3) is 5.76 Å². The van der Waals surface area contributed by atoms with E-state index >= 15 is 0 Å². The number of Topliss-reactive ketones (excluding diaryl/α,β-unsaturated/α-hetero) is 1. The number of ketones is 1. The van der Waals surface area contributed by atoms with Gasteiger partial charge in [-0.15, -0.1) is 0 Å². The lowest BCUT2D eigenvalue weighted by Gasteiger charge is -2.31. The van der Waals surface area contributed by atoms with Crippen LogP contribution in [0.15, 0.2) is 72.3 Å². The van der Waals surface area contributed by atoms with Crippen molar-refractivity contribution in [1.29, 1.82) is 0 Å². The van der Waals surface area contributed by atoms with Gasteiger partial charge in [-0.2, -0.15) is 0 Å². The zero-order chi connectivity index (χ0) is 32.5. The van der Waals surface area contributed by atoms with Crippen molar-refractivity contribution in [1.82, 2.24) is 9.80 Å². The number of amides is 1. The van der Waals surface area contributed by atoms with Crippen LogP contribution < -0.4 is 14.2 Å². The molecular formula is C37H44N2O7. The third-order valence-electron chi connectivity index (χ3n) is 8.59. The number of morpholine rings is 1. The maximum Gasteiger partial charge on any atom is 0.295 e. The Kier molecular flexibility index (Phi) is 11.3. The normalized spacial score (nSPS) is 18.2. The Morgan fingerprint density at radius 1 is 0.935 bits per heavy atom. The van der Waals surface area contributed by atoms with E-state index in [2.05, 4.69) is 11.8 Å². The number of carbonyl (C=O) groups excluding carboxylic acids is 2. The number of rotatable bonds is 14. The van der Waals surface area contributed by atoms with Gasteiger partial charge in [0.25, 0.3) is 11.7 Å². The van der Waals surface area contributed by atoms with E-state index in [1.54, 1.807) is 42.3 Å². The van der Waals surface area contributed by atoms with Crippen LogP contribution in [0.1, 0.15) is 54.5 Å². The maximum absolute atomic E-state index is 13.6. The summed E-state index contributed by atoms with van der Waals surface area (Å²) < 4.78 is 23.1. The summed E-state index contributed by atoms with van der Waals surface area (Å²) in [6.07, 6.45) is 3.09. The Morgan fingerprint density at radius 3 is 2.41 bits per heavy atom. The highest BCUT2D eigenvalue weighted by Gasteiger charge is 2.46. The molecule has 3 aromatic carbocycles. The minimum absolute atomic E-state index is 0.0409. The molecule has 9 nitrogen and oxygen atoms in total. The number of aliphatic hydroxyl groups excluding tert-OH is 1. The third kappa shape index (κ3) is 7.71. The first-order valence-corrected chi connectivity index (χ1v) is 16.1. The van der Waals surface area contributed by atoms with Gasteiger partial charge in [-0.05, 0) is 66.4 Å². The van der Waals surface area contributed by atoms with Crippen molar-refractivity contribution in [2.45, 2.75) is 45.8 Å². The van der Waals surface area contributed by atoms with Gasteiger partial charge in [0.1, 0.15) is 18.1 Å². The monoisotopic (exact) mass is 628 g/mol. The summed E-state index contributed by atoms with van der Waals surface area (Å²) in [5.41, 5.74) is 3.34. The molecule has 2 aliphatic rings. The summed E-state index contributed by atoms with van der Waals surface area (Å²) in [7, 11) is 1.57. The van der Waals surface area contributed by atoms with Gasteiger partial charge in [-0.3, -0.25) is 14.5 Å². The fourth-order valence-electron chi connectivity index (χ4n) is 5.84. The molecule has 1 amide bonds.